The molecular formula is C19H29IN4OS. The summed E-state index contributed by atoms with van der Waals surface area (Å²) in [5.41, 5.74) is 2.42. The second-order valence-corrected chi connectivity index (χ2v) is 6.56. The van der Waals surface area contributed by atoms with Crippen molar-refractivity contribution in [3.8, 4) is 5.75 Å². The van der Waals surface area contributed by atoms with Gasteiger partial charge in [0.2, 0.25) is 0 Å². The predicted octanol–water partition coefficient (Wildman–Crippen LogP) is 3.67. The molecule has 0 saturated heterocycles. The fourth-order valence-electron chi connectivity index (χ4n) is 2.37. The summed E-state index contributed by atoms with van der Waals surface area (Å²) in [6.45, 7) is 6.65. The van der Waals surface area contributed by atoms with Crippen molar-refractivity contribution in [2.45, 2.75) is 33.1 Å². The van der Waals surface area contributed by atoms with Crippen LogP contribution in [0, 0.1) is 0 Å². The smallest absolute Gasteiger partial charge is 0.191 e. The van der Waals surface area contributed by atoms with Gasteiger partial charge in [0.25, 0.3) is 0 Å². The predicted molar refractivity (Wildman–Crippen MR) is 121 cm³/mol. The number of ether oxygens (including phenoxy) is 1. The van der Waals surface area contributed by atoms with E-state index in [1.807, 2.05) is 12.1 Å². The Morgan fingerprint density at radius 2 is 1.92 bits per heavy atom. The zero-order valence-electron chi connectivity index (χ0n) is 15.7. The van der Waals surface area contributed by atoms with E-state index in [1.54, 1.807) is 18.4 Å². The van der Waals surface area contributed by atoms with Crippen LogP contribution in [0.3, 0.4) is 0 Å². The van der Waals surface area contributed by atoms with Crippen molar-refractivity contribution in [3.63, 3.8) is 0 Å². The molecule has 0 atom stereocenters. The minimum Gasteiger partial charge on any atom is -0.497 e. The molecule has 0 fully saturated rings. The molecule has 26 heavy (non-hydrogen) atoms. The molecule has 0 amide bonds. The topological polar surface area (TPSA) is 58.5 Å². The van der Waals surface area contributed by atoms with E-state index in [0.717, 1.165) is 56.3 Å². The number of nitrogens with zero attached hydrogens (tertiary/aromatic N) is 2. The summed E-state index contributed by atoms with van der Waals surface area (Å²) in [6, 6.07) is 8.18. The van der Waals surface area contributed by atoms with Gasteiger partial charge in [-0.3, -0.25) is 4.99 Å². The average Bonchev–Trinajstić information content (AvgIpc) is 3.10. The van der Waals surface area contributed by atoms with Crippen molar-refractivity contribution >= 4 is 41.3 Å². The number of hydrogen-bond donors (Lipinski definition) is 2. The second kappa shape index (κ2) is 12.9. The summed E-state index contributed by atoms with van der Waals surface area (Å²) >= 11 is 1.73. The number of methoxy groups -OCH3 is 1. The minimum atomic E-state index is 0. The summed E-state index contributed by atoms with van der Waals surface area (Å²) in [5, 5.41) is 10.0. The van der Waals surface area contributed by atoms with Crippen molar-refractivity contribution in [3.05, 3.63) is 45.9 Å². The van der Waals surface area contributed by atoms with E-state index in [0.29, 0.717) is 0 Å². The van der Waals surface area contributed by atoms with Gasteiger partial charge in [-0.1, -0.05) is 19.1 Å². The Morgan fingerprint density at radius 3 is 2.54 bits per heavy atom. The molecule has 0 spiro atoms. The summed E-state index contributed by atoms with van der Waals surface area (Å²) in [5.74, 6) is 1.75. The van der Waals surface area contributed by atoms with Gasteiger partial charge in [-0.05, 0) is 37.5 Å². The molecule has 0 aliphatic heterocycles. The number of halogens is 1. The first-order valence-corrected chi connectivity index (χ1v) is 9.71. The lowest BCUT2D eigenvalue weighted by molar-refractivity contribution is 0.414. The van der Waals surface area contributed by atoms with E-state index in [-0.39, 0.29) is 24.0 Å². The molecule has 0 saturated carbocycles. The second-order valence-electron chi connectivity index (χ2n) is 5.62. The molecule has 2 N–H and O–H groups in total. The van der Waals surface area contributed by atoms with Gasteiger partial charge in [0, 0.05) is 31.4 Å². The van der Waals surface area contributed by atoms with Crippen LogP contribution in [0.25, 0.3) is 0 Å². The molecule has 0 bridgehead atoms. The molecule has 1 aromatic heterocycles. The highest BCUT2D eigenvalue weighted by atomic mass is 127. The Kier molecular flexibility index (Phi) is 11.3. The first kappa shape index (κ1) is 22.7. The van der Waals surface area contributed by atoms with Crippen LogP contribution in [0.4, 0.5) is 0 Å². The molecule has 0 radical (unpaired) electrons. The highest BCUT2D eigenvalue weighted by Gasteiger charge is 2.01. The number of thiazole rings is 1. The molecule has 7 heteroatoms. The van der Waals surface area contributed by atoms with Crippen LogP contribution in [-0.4, -0.2) is 37.7 Å². The van der Waals surface area contributed by atoms with Crippen LogP contribution >= 0.6 is 35.3 Å². The van der Waals surface area contributed by atoms with Gasteiger partial charge in [-0.2, -0.15) is 0 Å². The third-order valence-corrected chi connectivity index (χ3v) is 4.79. The van der Waals surface area contributed by atoms with Crippen LogP contribution in [0.15, 0.2) is 34.6 Å². The lowest BCUT2D eigenvalue weighted by atomic mass is 10.1. The Morgan fingerprint density at radius 1 is 1.15 bits per heavy atom. The Hall–Kier alpha value is -1.35. The third-order valence-electron chi connectivity index (χ3n) is 3.75. The summed E-state index contributed by atoms with van der Waals surface area (Å²) in [7, 11) is 1.68. The van der Waals surface area contributed by atoms with Gasteiger partial charge in [-0.25, -0.2) is 4.98 Å². The molecule has 1 aromatic carbocycles. The highest BCUT2D eigenvalue weighted by Crippen LogP contribution is 2.11. The van der Waals surface area contributed by atoms with Crippen molar-refractivity contribution in [1.82, 2.24) is 15.6 Å². The van der Waals surface area contributed by atoms with Crippen molar-refractivity contribution in [1.29, 1.82) is 0 Å². The summed E-state index contributed by atoms with van der Waals surface area (Å²) in [4.78, 5) is 9.23. The molecule has 2 aromatic rings. The zero-order chi connectivity index (χ0) is 17.9. The number of benzene rings is 1. The Bertz CT molecular complexity index is 658. The minimum absolute atomic E-state index is 0. The van der Waals surface area contributed by atoms with Crippen molar-refractivity contribution in [2.75, 3.05) is 26.7 Å². The van der Waals surface area contributed by atoms with E-state index in [2.05, 4.69) is 52.0 Å². The largest absolute Gasteiger partial charge is 0.497 e. The molecule has 0 unspecified atom stereocenters. The van der Waals surface area contributed by atoms with Crippen LogP contribution in [0.2, 0.25) is 0 Å². The highest BCUT2D eigenvalue weighted by molar-refractivity contribution is 14.0. The van der Waals surface area contributed by atoms with E-state index in [1.165, 1.54) is 10.6 Å². The zero-order valence-corrected chi connectivity index (χ0v) is 18.9. The van der Waals surface area contributed by atoms with Crippen LogP contribution in [-0.2, 0) is 19.3 Å². The van der Waals surface area contributed by atoms with Crippen LogP contribution in [0.1, 0.15) is 30.1 Å². The van der Waals surface area contributed by atoms with Crippen LogP contribution in [0.5, 0.6) is 5.75 Å². The quantitative estimate of drug-likeness (QED) is 0.321. The first-order valence-electron chi connectivity index (χ1n) is 8.83. The van der Waals surface area contributed by atoms with Crippen molar-refractivity contribution in [2.24, 2.45) is 4.99 Å². The Balaban J connectivity index is 0.00000338. The average molecular weight is 488 g/mol. The van der Waals surface area contributed by atoms with Gasteiger partial charge in [0.1, 0.15) is 5.75 Å². The van der Waals surface area contributed by atoms with Gasteiger partial charge in [-0.15, -0.1) is 35.3 Å². The molecule has 5 nitrogen and oxygen atoms in total. The van der Waals surface area contributed by atoms with E-state index in [9.17, 15) is 0 Å². The van der Waals surface area contributed by atoms with Crippen LogP contribution < -0.4 is 15.4 Å². The summed E-state index contributed by atoms with van der Waals surface area (Å²) in [6.07, 6.45) is 2.83. The molecule has 144 valence electrons. The lowest BCUT2D eigenvalue weighted by Crippen LogP contribution is -2.38. The van der Waals surface area contributed by atoms with E-state index >= 15 is 0 Å². The number of nitrogens with one attached hydrogen (secondary N) is 2. The molecular weight excluding hydrogens is 459 g/mol. The fraction of sp³-hybridized carbons (Fsp3) is 0.474. The normalized spacial score (nSPS) is 11.0. The fourth-order valence-corrected chi connectivity index (χ4v) is 3.15. The first-order chi connectivity index (χ1) is 12.2. The number of aryl methyl sites for hydroxylation is 1. The van der Waals surface area contributed by atoms with Gasteiger partial charge < -0.3 is 15.4 Å². The number of aliphatic imine (C=N–C) groups is 1. The monoisotopic (exact) mass is 488 g/mol. The lowest BCUT2D eigenvalue weighted by Gasteiger charge is -2.11. The molecule has 2 rings (SSSR count). The SMILES string of the molecule is CCNC(=NCCc1csc(CC)n1)NCCc1ccc(OC)cc1.I. The third kappa shape index (κ3) is 7.90. The maximum Gasteiger partial charge on any atom is 0.191 e. The van der Waals surface area contributed by atoms with Gasteiger partial charge in [0.05, 0.1) is 17.8 Å². The number of rotatable bonds is 9. The standard InChI is InChI=1S/C19H28N4OS.HI/c1-4-18-23-16(14-25-18)11-13-22-19(20-5-2)21-12-10-15-6-8-17(24-3)9-7-15;/h6-9,14H,4-5,10-13H2,1-3H3,(H2,20,21,22);1H. The van der Waals surface area contributed by atoms with Gasteiger partial charge in [0.15, 0.2) is 5.96 Å². The van der Waals surface area contributed by atoms with E-state index in [4.69, 9.17) is 4.74 Å². The van der Waals surface area contributed by atoms with E-state index < -0.39 is 0 Å². The molecule has 0 aliphatic carbocycles. The number of hydrogen-bond acceptors (Lipinski definition) is 4. The number of aromatic nitrogens is 1. The molecule has 1 heterocycles. The summed E-state index contributed by atoms with van der Waals surface area (Å²) < 4.78 is 5.18. The number of guanidine groups is 1. The molecule has 0 aliphatic rings. The maximum absolute atomic E-state index is 5.18. The Labute approximate surface area is 177 Å². The maximum atomic E-state index is 5.18. The van der Waals surface area contributed by atoms with Gasteiger partial charge >= 0.3 is 0 Å². The van der Waals surface area contributed by atoms with Crippen molar-refractivity contribution < 1.29 is 4.74 Å².